The van der Waals surface area contributed by atoms with Gasteiger partial charge in [-0.1, -0.05) is 0 Å². The van der Waals surface area contributed by atoms with Gasteiger partial charge >= 0.3 is 7.82 Å². The second-order valence-corrected chi connectivity index (χ2v) is 11.5. The Morgan fingerprint density at radius 1 is 1.07 bits per heavy atom. The molecule has 0 amide bonds. The van der Waals surface area contributed by atoms with Crippen LogP contribution in [0.1, 0.15) is 12.5 Å². The second kappa shape index (κ2) is 9.69. The fourth-order valence-corrected chi connectivity index (χ4v) is 6.79. The number of methoxy groups -OCH3 is 1. The molecule has 0 aromatic carbocycles. The zero-order chi connectivity index (χ0) is 30.4. The fourth-order valence-electron chi connectivity index (χ4n) is 5.64. The molecule has 2 unspecified atom stereocenters. The number of aromatic nitrogens is 8. The minimum atomic E-state index is -5.09. The van der Waals surface area contributed by atoms with E-state index in [1.165, 1.54) is 35.2 Å². The monoisotopic (exact) mass is 624 g/mol. The smallest absolute Gasteiger partial charge is 0.394 e. The van der Waals surface area contributed by atoms with Crippen LogP contribution in [0.2, 0.25) is 0 Å². The summed E-state index contributed by atoms with van der Waals surface area (Å²) in [4.78, 5) is 45.5. The number of fused-ring (bicyclic) bond motifs is 3. The molecule has 3 fully saturated rings. The molecular formula is C21H25N10O11P. The SMILES string of the molecule is CO[C@H]1[C@@H](OP(=O)(O)OC2[C@H]3O[C@@H](n4cnc5c(N)ncnc54)[C@H](O)[C@@]23O)[C@H](n2cnc3c(=O)[nH]c(N)nc32)O[C@@H]1CO. The van der Waals surface area contributed by atoms with Gasteiger partial charge in [-0.05, 0) is 0 Å². The summed E-state index contributed by atoms with van der Waals surface area (Å²) in [6.07, 6.45) is -6.76. The lowest BCUT2D eigenvalue weighted by atomic mass is 10.1. The number of nitrogens with zero attached hydrogens (tertiary/aromatic N) is 7. The van der Waals surface area contributed by atoms with Gasteiger partial charge < -0.3 is 45.9 Å². The Morgan fingerprint density at radius 2 is 1.79 bits per heavy atom. The van der Waals surface area contributed by atoms with Gasteiger partial charge in [-0.2, -0.15) is 4.98 Å². The first-order valence-electron chi connectivity index (χ1n) is 12.7. The number of ether oxygens (including phenoxy) is 3. The number of aliphatic hydroxyl groups is 3. The van der Waals surface area contributed by atoms with Gasteiger partial charge in [-0.25, -0.2) is 24.5 Å². The lowest BCUT2D eigenvalue weighted by molar-refractivity contribution is -0.0974. The van der Waals surface area contributed by atoms with Crippen LogP contribution in [0.5, 0.6) is 0 Å². The highest BCUT2D eigenvalue weighted by Crippen LogP contribution is 2.62. The molecule has 1 aliphatic carbocycles. The maximum atomic E-state index is 13.3. The maximum absolute atomic E-state index is 13.3. The molecule has 7 rings (SSSR count). The van der Waals surface area contributed by atoms with Crippen LogP contribution in [0.25, 0.3) is 22.3 Å². The van der Waals surface area contributed by atoms with Crippen LogP contribution in [0.3, 0.4) is 0 Å². The number of anilines is 2. The minimum Gasteiger partial charge on any atom is -0.394 e. The molecule has 21 nitrogen and oxygen atoms in total. The first kappa shape index (κ1) is 28.2. The van der Waals surface area contributed by atoms with E-state index in [-0.39, 0.29) is 34.1 Å². The molecule has 2 aliphatic heterocycles. The number of phosphoric acid groups is 1. The Hall–Kier alpha value is -3.63. The fraction of sp³-hybridized carbons (Fsp3) is 0.524. The van der Waals surface area contributed by atoms with Crippen LogP contribution in [0, 0.1) is 0 Å². The Balaban J connectivity index is 1.12. The predicted molar refractivity (Wildman–Crippen MR) is 139 cm³/mol. The molecule has 0 bridgehead atoms. The third-order valence-electron chi connectivity index (χ3n) is 7.73. The van der Waals surface area contributed by atoms with Crippen molar-refractivity contribution in [3.8, 4) is 0 Å². The van der Waals surface area contributed by atoms with Gasteiger partial charge in [0.2, 0.25) is 5.95 Å². The third kappa shape index (κ3) is 4.17. The van der Waals surface area contributed by atoms with Gasteiger partial charge in [0.1, 0.15) is 48.5 Å². The number of nitrogen functional groups attached to an aromatic ring is 2. The highest BCUT2D eigenvalue weighted by molar-refractivity contribution is 7.47. The van der Waals surface area contributed by atoms with Crippen LogP contribution in [-0.2, 0) is 27.8 Å². The topological polar surface area (TPSA) is 303 Å². The summed E-state index contributed by atoms with van der Waals surface area (Å²) in [6.45, 7) is -0.570. The Labute approximate surface area is 238 Å². The number of aromatic amines is 1. The van der Waals surface area contributed by atoms with Crippen molar-refractivity contribution in [2.24, 2.45) is 0 Å². The van der Waals surface area contributed by atoms with E-state index in [2.05, 4.69) is 29.9 Å². The summed E-state index contributed by atoms with van der Waals surface area (Å²) in [6, 6.07) is 0. The molecule has 10 atom stereocenters. The predicted octanol–water partition coefficient (Wildman–Crippen LogP) is -3.10. The molecule has 43 heavy (non-hydrogen) atoms. The van der Waals surface area contributed by atoms with Crippen LogP contribution in [0.15, 0.2) is 23.8 Å². The second-order valence-electron chi connectivity index (χ2n) is 10.2. The molecule has 3 aliphatic rings. The molecular weight excluding hydrogens is 599 g/mol. The van der Waals surface area contributed by atoms with Crippen LogP contribution in [-0.4, -0.2) is 115 Å². The number of nitrogens with one attached hydrogen (secondary N) is 1. The number of rotatable bonds is 8. The number of imidazole rings is 2. The summed E-state index contributed by atoms with van der Waals surface area (Å²) in [5, 5.41) is 32.0. The van der Waals surface area contributed by atoms with Gasteiger partial charge in [0.25, 0.3) is 5.56 Å². The Morgan fingerprint density at radius 3 is 2.47 bits per heavy atom. The van der Waals surface area contributed by atoms with E-state index in [9.17, 15) is 29.6 Å². The molecule has 0 radical (unpaired) electrons. The van der Waals surface area contributed by atoms with Crippen molar-refractivity contribution in [3.05, 3.63) is 29.3 Å². The highest BCUT2D eigenvalue weighted by Gasteiger charge is 2.79. The van der Waals surface area contributed by atoms with Crippen molar-refractivity contribution in [1.29, 1.82) is 0 Å². The van der Waals surface area contributed by atoms with Gasteiger partial charge in [0.05, 0.1) is 19.3 Å². The number of H-pyrrole nitrogens is 1. The average molecular weight is 624 g/mol. The quantitative estimate of drug-likeness (QED) is 0.0955. The molecule has 4 aromatic heterocycles. The van der Waals surface area contributed by atoms with E-state index >= 15 is 0 Å². The van der Waals surface area contributed by atoms with E-state index < -0.39 is 74.7 Å². The lowest BCUT2D eigenvalue weighted by Gasteiger charge is -2.27. The van der Waals surface area contributed by atoms with Crippen molar-refractivity contribution in [2.45, 2.75) is 54.7 Å². The van der Waals surface area contributed by atoms with Gasteiger partial charge in [-0.3, -0.25) is 28.0 Å². The number of phosphoric ester groups is 1. The highest BCUT2D eigenvalue weighted by atomic mass is 31.2. The molecule has 4 aromatic rings. The largest absolute Gasteiger partial charge is 0.473 e. The van der Waals surface area contributed by atoms with Crippen LogP contribution < -0.4 is 17.0 Å². The summed E-state index contributed by atoms with van der Waals surface area (Å²) in [5.74, 6) is -0.126. The third-order valence-corrected chi connectivity index (χ3v) is 8.74. The molecule has 0 spiro atoms. The van der Waals surface area contributed by atoms with Crippen molar-refractivity contribution in [2.75, 3.05) is 25.2 Å². The Kier molecular flexibility index (Phi) is 6.34. The van der Waals surface area contributed by atoms with E-state index in [0.717, 1.165) is 0 Å². The summed E-state index contributed by atoms with van der Waals surface area (Å²) in [5.41, 5.74) is 9.10. The van der Waals surface area contributed by atoms with Gasteiger partial charge in [-0.15, -0.1) is 0 Å². The van der Waals surface area contributed by atoms with E-state index in [1.54, 1.807) is 0 Å². The molecule has 22 heteroatoms. The number of hydrogen-bond donors (Lipinski definition) is 7. The number of aliphatic hydroxyl groups excluding tert-OH is 2. The minimum absolute atomic E-state index is 0.0327. The molecule has 230 valence electrons. The number of hydrogen-bond acceptors (Lipinski definition) is 17. The normalized spacial score (nSPS) is 35.0. The first-order chi connectivity index (χ1) is 20.5. The summed E-state index contributed by atoms with van der Waals surface area (Å²) >= 11 is 0. The first-order valence-corrected chi connectivity index (χ1v) is 14.2. The lowest BCUT2D eigenvalue weighted by Crippen LogP contribution is -2.38. The van der Waals surface area contributed by atoms with Crippen molar-refractivity contribution in [3.63, 3.8) is 0 Å². The zero-order valence-electron chi connectivity index (χ0n) is 21.9. The summed E-state index contributed by atoms with van der Waals surface area (Å²) < 4.78 is 43.6. The average Bonchev–Trinajstić information content (AvgIpc) is 3.49. The standard InChI is InChI=1S/C21H25N10O11P/c1-38-9-6(2-32)39-18(31-5-27-8-16(31)28-20(23)29-17(8)34)10(9)41-43(36,37)42-13-12-21(13,35)11(33)19(40-12)30-4-26-7-14(22)24-3-25-15(7)30/h3-6,9-13,18-19,32-33,35H,2H2,1H3,(H,36,37)(H2,22,24,25)(H3,23,28,29,34)/t6-,9-,10-,11+,12-,13?,18-,19-,21+/m1/s1. The molecule has 1 saturated carbocycles. The van der Waals surface area contributed by atoms with Gasteiger partial charge in [0.15, 0.2) is 40.7 Å². The van der Waals surface area contributed by atoms with E-state index in [4.69, 9.17) is 34.7 Å². The van der Waals surface area contributed by atoms with Crippen molar-refractivity contribution in [1.82, 2.24) is 39.0 Å². The van der Waals surface area contributed by atoms with Crippen LogP contribution >= 0.6 is 7.82 Å². The van der Waals surface area contributed by atoms with Gasteiger partial charge in [0, 0.05) is 7.11 Å². The van der Waals surface area contributed by atoms with Crippen molar-refractivity contribution >= 4 is 41.9 Å². The molecule has 2 saturated heterocycles. The maximum Gasteiger partial charge on any atom is 0.473 e. The molecule has 9 N–H and O–H groups in total. The van der Waals surface area contributed by atoms with E-state index in [1.807, 2.05) is 0 Å². The summed E-state index contributed by atoms with van der Waals surface area (Å²) in [7, 11) is -3.82. The zero-order valence-corrected chi connectivity index (χ0v) is 22.8. The van der Waals surface area contributed by atoms with E-state index in [0.29, 0.717) is 0 Å². The van der Waals surface area contributed by atoms with Crippen LogP contribution in [0.4, 0.5) is 11.8 Å². The number of nitrogens with two attached hydrogens (primary N) is 2. The Bertz CT molecular complexity index is 1830. The van der Waals surface area contributed by atoms with Crippen molar-refractivity contribution < 1.29 is 48.0 Å². The molecule has 6 heterocycles.